The number of nitrogens with one attached hydrogen (secondary N) is 1. The van der Waals surface area contributed by atoms with Gasteiger partial charge in [-0.25, -0.2) is 4.98 Å². The lowest BCUT2D eigenvalue weighted by Crippen LogP contribution is -2.13. The average molecular weight is 499 g/mol. The lowest BCUT2D eigenvalue weighted by atomic mass is 10.1. The number of nitrogens with zero attached hydrogens (tertiary/aromatic N) is 1. The van der Waals surface area contributed by atoms with E-state index < -0.39 is 0 Å². The van der Waals surface area contributed by atoms with Crippen molar-refractivity contribution in [3.05, 3.63) is 107 Å². The number of aryl methyl sites for hydroxylation is 1. The predicted octanol–water partition coefficient (Wildman–Crippen LogP) is 7.30. The van der Waals surface area contributed by atoms with Crippen LogP contribution < -0.4 is 14.8 Å². The van der Waals surface area contributed by atoms with Gasteiger partial charge in [0.15, 0.2) is 17.1 Å². The Bertz CT molecular complexity index is 1510. The van der Waals surface area contributed by atoms with Gasteiger partial charge in [0.2, 0.25) is 5.89 Å². The van der Waals surface area contributed by atoms with Crippen LogP contribution in [0.25, 0.3) is 22.6 Å². The number of amides is 1. The second-order valence-corrected chi connectivity index (χ2v) is 8.69. The van der Waals surface area contributed by atoms with E-state index >= 15 is 0 Å². The molecule has 0 spiro atoms. The van der Waals surface area contributed by atoms with Crippen LogP contribution in [0.2, 0.25) is 5.02 Å². The number of hydrogen-bond acceptors (Lipinski definition) is 5. The summed E-state index contributed by atoms with van der Waals surface area (Å²) in [6.45, 7) is 2.28. The first-order valence-electron chi connectivity index (χ1n) is 11.3. The zero-order valence-corrected chi connectivity index (χ0v) is 20.5. The first-order chi connectivity index (χ1) is 17.5. The van der Waals surface area contributed by atoms with E-state index in [4.69, 9.17) is 25.5 Å². The Morgan fingerprint density at radius 2 is 1.78 bits per heavy atom. The van der Waals surface area contributed by atoms with Gasteiger partial charge in [-0.3, -0.25) is 4.79 Å². The van der Waals surface area contributed by atoms with E-state index in [1.807, 2.05) is 73.7 Å². The minimum atomic E-state index is -0.268. The number of ether oxygens (including phenoxy) is 2. The molecular weight excluding hydrogens is 476 g/mol. The minimum Gasteiger partial charge on any atom is -0.493 e. The molecule has 0 fully saturated rings. The number of fused-ring (bicyclic) bond motifs is 1. The molecule has 4 aromatic carbocycles. The number of methoxy groups -OCH3 is 1. The zero-order chi connectivity index (χ0) is 25.1. The van der Waals surface area contributed by atoms with Crippen LogP contribution in [-0.2, 0) is 6.61 Å². The summed E-state index contributed by atoms with van der Waals surface area (Å²) in [6, 6.07) is 25.8. The van der Waals surface area contributed by atoms with Crippen LogP contribution in [0.15, 0.2) is 89.3 Å². The van der Waals surface area contributed by atoms with Crippen molar-refractivity contribution < 1.29 is 18.7 Å². The highest BCUT2D eigenvalue weighted by Crippen LogP contribution is 2.31. The van der Waals surface area contributed by atoms with E-state index in [9.17, 15) is 4.79 Å². The smallest absolute Gasteiger partial charge is 0.255 e. The van der Waals surface area contributed by atoms with Crippen molar-refractivity contribution in [3.8, 4) is 23.0 Å². The van der Waals surface area contributed by atoms with Gasteiger partial charge in [0.1, 0.15) is 12.1 Å². The van der Waals surface area contributed by atoms with Gasteiger partial charge in [-0.15, -0.1) is 0 Å². The Balaban J connectivity index is 1.33. The summed E-state index contributed by atoms with van der Waals surface area (Å²) < 4.78 is 17.3. The number of carbonyl (C=O) groups excluding carboxylic acids is 1. The molecule has 1 aromatic heterocycles. The normalized spacial score (nSPS) is 10.9. The number of anilines is 1. The van der Waals surface area contributed by atoms with E-state index in [2.05, 4.69) is 10.3 Å². The fourth-order valence-electron chi connectivity index (χ4n) is 3.75. The van der Waals surface area contributed by atoms with E-state index in [1.165, 1.54) is 0 Å². The monoisotopic (exact) mass is 498 g/mol. The Kier molecular flexibility index (Phi) is 6.60. The number of aromatic nitrogens is 1. The largest absolute Gasteiger partial charge is 0.493 e. The molecular formula is C29H23ClN2O4. The van der Waals surface area contributed by atoms with Crippen molar-refractivity contribution in [1.29, 1.82) is 0 Å². The number of halogens is 1. The molecule has 1 heterocycles. The molecule has 0 aliphatic heterocycles. The van der Waals surface area contributed by atoms with Crippen molar-refractivity contribution in [3.63, 3.8) is 0 Å². The molecule has 0 aliphatic rings. The topological polar surface area (TPSA) is 73.6 Å². The summed E-state index contributed by atoms with van der Waals surface area (Å²) in [5.74, 6) is 1.23. The first kappa shape index (κ1) is 23.5. The van der Waals surface area contributed by atoms with Gasteiger partial charge in [0.05, 0.1) is 7.11 Å². The van der Waals surface area contributed by atoms with Crippen LogP contribution in [0, 0.1) is 6.92 Å². The van der Waals surface area contributed by atoms with Crippen LogP contribution in [0.4, 0.5) is 5.69 Å². The molecule has 5 aromatic rings. The number of oxazole rings is 1. The zero-order valence-electron chi connectivity index (χ0n) is 19.7. The first-order valence-corrected chi connectivity index (χ1v) is 11.7. The summed E-state index contributed by atoms with van der Waals surface area (Å²) in [5, 5.41) is 3.65. The van der Waals surface area contributed by atoms with Crippen LogP contribution in [0.5, 0.6) is 11.5 Å². The fraction of sp³-hybridized carbons (Fsp3) is 0.103. The molecule has 0 radical (unpaired) electrons. The van der Waals surface area contributed by atoms with Crippen LogP contribution in [-0.4, -0.2) is 18.0 Å². The molecule has 1 N–H and O–H groups in total. The van der Waals surface area contributed by atoms with Crippen LogP contribution in [0.1, 0.15) is 21.5 Å². The highest BCUT2D eigenvalue weighted by atomic mass is 35.5. The lowest BCUT2D eigenvalue weighted by molar-refractivity contribution is 0.102. The minimum absolute atomic E-state index is 0.268. The molecule has 0 atom stereocenters. The standard InChI is InChI=1S/C29H23ClN2O4/c1-18-7-10-21(29-32-23-5-3-4-6-25(23)36-29)15-24(18)31-28(33)20-11-14-26(27(16-20)34-2)35-17-19-8-12-22(30)13-9-19/h3-16H,17H2,1-2H3,(H,31,33). The summed E-state index contributed by atoms with van der Waals surface area (Å²) in [6.07, 6.45) is 0. The molecule has 5 rings (SSSR count). The molecule has 6 nitrogen and oxygen atoms in total. The molecule has 0 saturated heterocycles. The van der Waals surface area contributed by atoms with Crippen molar-refractivity contribution >= 4 is 34.3 Å². The van der Waals surface area contributed by atoms with Gasteiger partial charge < -0.3 is 19.2 Å². The number of para-hydroxylation sites is 2. The Hall–Kier alpha value is -4.29. The maximum Gasteiger partial charge on any atom is 0.255 e. The van der Waals surface area contributed by atoms with Crippen LogP contribution in [0.3, 0.4) is 0 Å². The van der Waals surface area contributed by atoms with Crippen molar-refractivity contribution in [1.82, 2.24) is 4.98 Å². The highest BCUT2D eigenvalue weighted by Gasteiger charge is 2.15. The van der Waals surface area contributed by atoms with E-state index in [0.29, 0.717) is 45.9 Å². The SMILES string of the molecule is COc1cc(C(=O)Nc2cc(-c3nc4ccccc4o3)ccc2C)ccc1OCc1ccc(Cl)cc1. The Morgan fingerprint density at radius 1 is 0.972 bits per heavy atom. The van der Waals surface area contributed by atoms with Crippen LogP contribution >= 0.6 is 11.6 Å². The Labute approximate surface area is 213 Å². The van der Waals surface area contributed by atoms with Crippen molar-refractivity contribution in [2.75, 3.05) is 12.4 Å². The second-order valence-electron chi connectivity index (χ2n) is 8.25. The van der Waals surface area contributed by atoms with Gasteiger partial charge in [-0.05, 0) is 72.6 Å². The lowest BCUT2D eigenvalue weighted by Gasteiger charge is -2.13. The van der Waals surface area contributed by atoms with Gasteiger partial charge in [0, 0.05) is 21.8 Å². The third kappa shape index (κ3) is 5.04. The quantitative estimate of drug-likeness (QED) is 0.255. The molecule has 1 amide bonds. The molecule has 7 heteroatoms. The predicted molar refractivity (Wildman–Crippen MR) is 141 cm³/mol. The van der Waals surface area contributed by atoms with Gasteiger partial charge in [-0.1, -0.05) is 41.9 Å². The van der Waals surface area contributed by atoms with E-state index in [1.54, 1.807) is 25.3 Å². The number of benzene rings is 4. The van der Waals surface area contributed by atoms with E-state index in [-0.39, 0.29) is 5.91 Å². The number of hydrogen-bond donors (Lipinski definition) is 1. The number of carbonyl (C=O) groups is 1. The summed E-state index contributed by atoms with van der Waals surface area (Å²) in [7, 11) is 1.54. The third-order valence-corrected chi connectivity index (χ3v) is 6.01. The van der Waals surface area contributed by atoms with Gasteiger partial charge in [-0.2, -0.15) is 0 Å². The second kappa shape index (κ2) is 10.1. The fourth-order valence-corrected chi connectivity index (χ4v) is 3.88. The molecule has 0 aliphatic carbocycles. The number of rotatable bonds is 7. The van der Waals surface area contributed by atoms with Gasteiger partial charge >= 0.3 is 0 Å². The van der Waals surface area contributed by atoms with Crippen molar-refractivity contribution in [2.45, 2.75) is 13.5 Å². The van der Waals surface area contributed by atoms with E-state index in [0.717, 1.165) is 22.2 Å². The average Bonchev–Trinajstić information content (AvgIpc) is 3.34. The van der Waals surface area contributed by atoms with Gasteiger partial charge in [0.25, 0.3) is 5.91 Å². The van der Waals surface area contributed by atoms with Crippen molar-refractivity contribution in [2.24, 2.45) is 0 Å². The summed E-state index contributed by atoms with van der Waals surface area (Å²) in [4.78, 5) is 17.6. The summed E-state index contributed by atoms with van der Waals surface area (Å²) >= 11 is 5.94. The third-order valence-electron chi connectivity index (χ3n) is 5.76. The molecule has 0 bridgehead atoms. The molecule has 36 heavy (non-hydrogen) atoms. The highest BCUT2D eigenvalue weighted by molar-refractivity contribution is 6.30. The maximum atomic E-state index is 13.1. The Morgan fingerprint density at radius 3 is 2.56 bits per heavy atom. The molecule has 0 saturated carbocycles. The summed E-state index contributed by atoms with van der Waals surface area (Å²) in [5.41, 5.74) is 5.26. The molecule has 180 valence electrons. The molecule has 0 unspecified atom stereocenters. The maximum absolute atomic E-state index is 13.1.